The molecule has 9 nitrogen and oxygen atoms in total. The summed E-state index contributed by atoms with van der Waals surface area (Å²) in [6, 6.07) is 9.02. The van der Waals surface area contributed by atoms with E-state index in [2.05, 4.69) is 10.2 Å². The molecule has 2 atom stereocenters. The van der Waals surface area contributed by atoms with E-state index in [4.69, 9.17) is 11.3 Å². The summed E-state index contributed by atoms with van der Waals surface area (Å²) < 4.78 is 32.9. The van der Waals surface area contributed by atoms with Crippen LogP contribution in [0.25, 0.3) is 4.85 Å². The quantitative estimate of drug-likeness (QED) is 0.277. The first-order chi connectivity index (χ1) is 17.4. The van der Waals surface area contributed by atoms with Gasteiger partial charge in [-0.25, -0.2) is 18.4 Å². The van der Waals surface area contributed by atoms with Gasteiger partial charge in [-0.15, -0.1) is 0 Å². The lowest BCUT2D eigenvalue weighted by atomic mass is 9.76. The van der Waals surface area contributed by atoms with E-state index in [1.54, 1.807) is 43.0 Å². The molecule has 3 rings (SSSR count). The van der Waals surface area contributed by atoms with Crippen LogP contribution in [0.15, 0.2) is 42.1 Å². The first-order valence-electron chi connectivity index (χ1n) is 12.3. The Morgan fingerprint density at radius 3 is 2.62 bits per heavy atom. The van der Waals surface area contributed by atoms with Crippen molar-refractivity contribution in [2.75, 3.05) is 26.2 Å². The highest BCUT2D eigenvalue weighted by molar-refractivity contribution is 6.43. The lowest BCUT2D eigenvalue weighted by Crippen LogP contribution is -2.50. The third-order valence-corrected chi connectivity index (χ3v) is 6.71. The van der Waals surface area contributed by atoms with Crippen molar-refractivity contribution in [1.29, 1.82) is 0 Å². The number of alkyl halides is 2. The SMILES string of the molecule is [C-]#[N+]C(=CC(C)(C)N1CCC(F)(F)C1)C(=O)N1CCC[C@@H](OC(=O)N[C@@H](Cc2ccccc2)B(O)O)C1. The van der Waals surface area contributed by atoms with Crippen molar-refractivity contribution in [2.24, 2.45) is 0 Å². The van der Waals surface area contributed by atoms with Gasteiger partial charge in [-0.3, -0.25) is 9.69 Å². The molecule has 0 spiro atoms. The number of hydrogen-bond donors (Lipinski definition) is 3. The standard InChI is InChI=1S/C25H33BF2N4O5/c1-24(2,32-13-11-25(27,28)17-32)15-20(29-3)22(33)31-12-7-10-19(16-31)37-23(34)30-21(26(35)36)14-18-8-5-4-6-9-18/h4-6,8-9,15,19,21,35-36H,7,10-14,16-17H2,1-2H3,(H,30,34)/t19-,21+/m1/s1. The Balaban J connectivity index is 1.59. The average Bonchev–Trinajstić information content (AvgIpc) is 3.23. The van der Waals surface area contributed by atoms with Crippen LogP contribution in [0.4, 0.5) is 13.6 Å². The van der Waals surface area contributed by atoms with E-state index in [0.717, 1.165) is 5.56 Å². The van der Waals surface area contributed by atoms with Crippen molar-refractivity contribution in [3.05, 3.63) is 59.1 Å². The molecule has 0 saturated carbocycles. The largest absolute Gasteiger partial charge is 0.475 e. The predicted octanol–water partition coefficient (Wildman–Crippen LogP) is 2.25. The third-order valence-electron chi connectivity index (χ3n) is 6.71. The maximum absolute atomic E-state index is 13.7. The molecule has 2 aliphatic heterocycles. The van der Waals surface area contributed by atoms with E-state index in [1.807, 2.05) is 6.07 Å². The maximum Gasteiger partial charge on any atom is 0.475 e. The Morgan fingerprint density at radius 2 is 2.03 bits per heavy atom. The molecule has 0 unspecified atom stereocenters. The minimum atomic E-state index is -2.79. The zero-order chi connectivity index (χ0) is 27.2. The Labute approximate surface area is 216 Å². The number of hydrogen-bond acceptors (Lipinski definition) is 6. The number of carbonyl (C=O) groups excluding carboxylic acids is 2. The third kappa shape index (κ3) is 7.99. The molecule has 0 radical (unpaired) electrons. The molecule has 2 saturated heterocycles. The highest BCUT2D eigenvalue weighted by Gasteiger charge is 2.43. The van der Waals surface area contributed by atoms with Gasteiger partial charge in [-0.1, -0.05) is 36.4 Å². The Hall–Kier alpha value is -3.01. The number of carbonyl (C=O) groups is 2. The second-order valence-electron chi connectivity index (χ2n) is 10.1. The Kier molecular flexibility index (Phi) is 9.28. The lowest BCUT2D eigenvalue weighted by Gasteiger charge is -2.35. The van der Waals surface area contributed by atoms with Gasteiger partial charge in [-0.2, -0.15) is 0 Å². The van der Waals surface area contributed by atoms with E-state index in [1.165, 1.54) is 11.0 Å². The number of amides is 2. The number of likely N-dealkylation sites (tertiary alicyclic amines) is 2. The van der Waals surface area contributed by atoms with Crippen LogP contribution in [-0.2, 0) is 16.0 Å². The highest BCUT2D eigenvalue weighted by Crippen LogP contribution is 2.33. The van der Waals surface area contributed by atoms with Gasteiger partial charge in [0.05, 0.1) is 25.6 Å². The molecule has 2 fully saturated rings. The van der Waals surface area contributed by atoms with Crippen LogP contribution in [0.3, 0.4) is 0 Å². The lowest BCUT2D eigenvalue weighted by molar-refractivity contribution is -0.129. The van der Waals surface area contributed by atoms with Crippen LogP contribution in [-0.4, -0.2) is 88.7 Å². The van der Waals surface area contributed by atoms with Crippen LogP contribution in [0.5, 0.6) is 0 Å². The minimum absolute atomic E-state index is 0.0619. The summed E-state index contributed by atoms with van der Waals surface area (Å²) in [6.45, 7) is 11.1. The Morgan fingerprint density at radius 1 is 1.32 bits per heavy atom. The van der Waals surface area contributed by atoms with Gasteiger partial charge in [0.1, 0.15) is 6.10 Å². The summed E-state index contributed by atoms with van der Waals surface area (Å²) in [4.78, 5) is 31.9. The smallest absolute Gasteiger partial charge is 0.444 e. The van der Waals surface area contributed by atoms with E-state index >= 15 is 0 Å². The number of ether oxygens (including phenoxy) is 1. The van der Waals surface area contributed by atoms with Gasteiger partial charge < -0.3 is 25.0 Å². The number of nitrogens with zero attached hydrogens (tertiary/aromatic N) is 3. The molecule has 0 aromatic heterocycles. The van der Waals surface area contributed by atoms with E-state index in [0.29, 0.717) is 19.4 Å². The predicted molar refractivity (Wildman–Crippen MR) is 133 cm³/mol. The second kappa shape index (κ2) is 12.0. The fourth-order valence-corrected chi connectivity index (χ4v) is 4.61. The summed E-state index contributed by atoms with van der Waals surface area (Å²) in [6.07, 6.45) is 0.880. The van der Waals surface area contributed by atoms with Crippen LogP contribution in [0, 0.1) is 6.57 Å². The minimum Gasteiger partial charge on any atom is -0.444 e. The molecule has 37 heavy (non-hydrogen) atoms. The molecule has 12 heteroatoms. The normalized spacial score (nSPS) is 21.2. The maximum atomic E-state index is 13.7. The number of nitrogens with one attached hydrogen (secondary N) is 1. The van der Waals surface area contributed by atoms with Crippen LogP contribution in [0.2, 0.25) is 0 Å². The molecule has 200 valence electrons. The van der Waals surface area contributed by atoms with Gasteiger partial charge in [-0.05, 0) is 38.7 Å². The summed E-state index contributed by atoms with van der Waals surface area (Å²) >= 11 is 0. The summed E-state index contributed by atoms with van der Waals surface area (Å²) in [5.41, 5.74) is -0.286. The molecule has 0 bridgehead atoms. The molecule has 2 heterocycles. The van der Waals surface area contributed by atoms with Crippen LogP contribution >= 0.6 is 0 Å². The number of alkyl carbamates (subject to hydrolysis) is 1. The number of halogens is 2. The summed E-state index contributed by atoms with van der Waals surface area (Å²) in [7, 11) is -1.80. The van der Waals surface area contributed by atoms with E-state index < -0.39 is 49.2 Å². The van der Waals surface area contributed by atoms with E-state index in [-0.39, 0.29) is 31.6 Å². The topological polar surface area (TPSA) is 107 Å². The molecular formula is C25H33BF2N4O5. The van der Waals surface area contributed by atoms with Gasteiger partial charge in [0.25, 0.3) is 11.8 Å². The number of benzene rings is 1. The fraction of sp³-hybridized carbons (Fsp3) is 0.560. The van der Waals surface area contributed by atoms with Crippen LogP contribution < -0.4 is 5.32 Å². The number of rotatable bonds is 8. The first kappa shape index (κ1) is 28.6. The van der Waals surface area contributed by atoms with Crippen molar-refractivity contribution < 1.29 is 33.2 Å². The van der Waals surface area contributed by atoms with Crippen molar-refractivity contribution in [3.8, 4) is 0 Å². The zero-order valence-corrected chi connectivity index (χ0v) is 21.1. The van der Waals surface area contributed by atoms with Crippen molar-refractivity contribution in [3.63, 3.8) is 0 Å². The molecule has 2 aliphatic rings. The monoisotopic (exact) mass is 518 g/mol. The molecule has 0 aliphatic carbocycles. The average molecular weight is 518 g/mol. The van der Waals surface area contributed by atoms with Gasteiger partial charge in [0, 0.05) is 25.0 Å². The molecule has 1 aromatic carbocycles. The molecule has 3 N–H and O–H groups in total. The van der Waals surface area contributed by atoms with Crippen LogP contribution in [0.1, 0.15) is 38.7 Å². The summed E-state index contributed by atoms with van der Waals surface area (Å²) in [5.74, 6) is -4.33. The highest BCUT2D eigenvalue weighted by atomic mass is 19.3. The zero-order valence-electron chi connectivity index (χ0n) is 21.1. The van der Waals surface area contributed by atoms with Gasteiger partial charge in [0.15, 0.2) is 0 Å². The van der Waals surface area contributed by atoms with Crippen molar-refractivity contribution >= 4 is 19.1 Å². The Bertz CT molecular complexity index is 1030. The second-order valence-corrected chi connectivity index (χ2v) is 10.1. The number of piperidine rings is 1. The van der Waals surface area contributed by atoms with Gasteiger partial charge in [0.2, 0.25) is 5.70 Å². The van der Waals surface area contributed by atoms with Crippen molar-refractivity contribution in [1.82, 2.24) is 15.1 Å². The van der Waals surface area contributed by atoms with Crippen molar-refractivity contribution in [2.45, 2.75) is 63.0 Å². The van der Waals surface area contributed by atoms with E-state index in [9.17, 15) is 28.4 Å². The summed E-state index contributed by atoms with van der Waals surface area (Å²) in [5, 5.41) is 21.8. The fourth-order valence-electron chi connectivity index (χ4n) is 4.61. The molecule has 1 aromatic rings. The van der Waals surface area contributed by atoms with Gasteiger partial charge >= 0.3 is 13.2 Å². The molecule has 2 amide bonds. The molecular weight excluding hydrogens is 485 g/mol. The first-order valence-corrected chi connectivity index (χ1v) is 12.3.